The molecule has 0 saturated carbocycles. The molecule has 0 aliphatic carbocycles. The molecular weight excluding hydrogens is 364 g/mol. The highest BCUT2D eigenvalue weighted by Crippen LogP contribution is 2.34. The van der Waals surface area contributed by atoms with E-state index in [0.29, 0.717) is 23.5 Å². The van der Waals surface area contributed by atoms with Crippen molar-refractivity contribution >= 4 is 11.6 Å². The fourth-order valence-electron chi connectivity index (χ4n) is 2.70. The first-order chi connectivity index (χ1) is 13.5. The van der Waals surface area contributed by atoms with E-state index < -0.39 is 11.0 Å². The van der Waals surface area contributed by atoms with Crippen LogP contribution in [0.25, 0.3) is 0 Å². The van der Waals surface area contributed by atoms with E-state index in [1.54, 1.807) is 18.2 Å². The number of benzene rings is 2. The van der Waals surface area contributed by atoms with Gasteiger partial charge in [0, 0.05) is 12.1 Å². The Bertz CT molecular complexity index is 810. The summed E-state index contributed by atoms with van der Waals surface area (Å²) >= 11 is 0. The third kappa shape index (κ3) is 5.35. The predicted octanol–water partition coefficient (Wildman–Crippen LogP) is 3.13. The second-order valence-electron chi connectivity index (χ2n) is 5.96. The van der Waals surface area contributed by atoms with Crippen molar-refractivity contribution in [3.63, 3.8) is 0 Å². The van der Waals surface area contributed by atoms with Gasteiger partial charge < -0.3 is 19.5 Å². The summed E-state index contributed by atoms with van der Waals surface area (Å²) in [7, 11) is 2.88. The van der Waals surface area contributed by atoms with Crippen LogP contribution in [0, 0.1) is 10.1 Å². The number of ether oxygens (including phenoxy) is 3. The molecule has 0 bridgehead atoms. The number of methoxy groups -OCH3 is 2. The van der Waals surface area contributed by atoms with Gasteiger partial charge in [0.05, 0.1) is 25.2 Å². The van der Waals surface area contributed by atoms with Gasteiger partial charge in [-0.3, -0.25) is 14.9 Å². The van der Waals surface area contributed by atoms with Crippen molar-refractivity contribution < 1.29 is 23.9 Å². The molecular formula is C20H24N2O6. The molecule has 1 amide bonds. The Morgan fingerprint density at radius 2 is 1.79 bits per heavy atom. The van der Waals surface area contributed by atoms with Gasteiger partial charge in [-0.05, 0) is 31.0 Å². The molecule has 150 valence electrons. The molecule has 8 heteroatoms. The molecule has 0 spiro atoms. The lowest BCUT2D eigenvalue weighted by Gasteiger charge is -2.17. The van der Waals surface area contributed by atoms with E-state index in [-0.39, 0.29) is 30.3 Å². The summed E-state index contributed by atoms with van der Waals surface area (Å²) in [6, 6.07) is 12.0. The molecule has 0 aliphatic heterocycles. The van der Waals surface area contributed by atoms with E-state index in [9.17, 15) is 14.9 Å². The number of rotatable bonds is 10. The fraction of sp³-hybridized carbons (Fsp3) is 0.350. The SMILES string of the molecule is CC[C@H](Oc1ccccc1)C(=O)NCCc1cc(OC)c(OC)cc1[N+](=O)[O-]. The van der Waals surface area contributed by atoms with Crippen molar-refractivity contribution in [2.45, 2.75) is 25.9 Å². The van der Waals surface area contributed by atoms with Gasteiger partial charge in [-0.2, -0.15) is 0 Å². The molecule has 1 N–H and O–H groups in total. The molecule has 0 heterocycles. The number of nitrogens with zero attached hydrogens (tertiary/aromatic N) is 1. The second kappa shape index (κ2) is 10.1. The number of nitrogens with one attached hydrogen (secondary N) is 1. The lowest BCUT2D eigenvalue weighted by molar-refractivity contribution is -0.385. The van der Waals surface area contributed by atoms with Gasteiger partial charge in [-0.25, -0.2) is 0 Å². The number of nitro groups is 1. The Balaban J connectivity index is 2.03. The number of para-hydroxylation sites is 1. The Kier molecular flexibility index (Phi) is 7.62. The Hall–Kier alpha value is -3.29. The van der Waals surface area contributed by atoms with Crippen molar-refractivity contribution in [1.29, 1.82) is 0 Å². The first-order valence-corrected chi connectivity index (χ1v) is 8.88. The maximum atomic E-state index is 12.4. The van der Waals surface area contributed by atoms with Crippen LogP contribution in [-0.4, -0.2) is 37.7 Å². The average Bonchev–Trinajstić information content (AvgIpc) is 2.71. The van der Waals surface area contributed by atoms with Crippen LogP contribution in [0.15, 0.2) is 42.5 Å². The van der Waals surface area contributed by atoms with Crippen molar-refractivity contribution in [1.82, 2.24) is 5.32 Å². The largest absolute Gasteiger partial charge is 0.493 e. The lowest BCUT2D eigenvalue weighted by Crippen LogP contribution is -2.39. The van der Waals surface area contributed by atoms with Gasteiger partial charge in [-0.15, -0.1) is 0 Å². The minimum Gasteiger partial charge on any atom is -0.493 e. The highest BCUT2D eigenvalue weighted by atomic mass is 16.6. The third-order valence-corrected chi connectivity index (χ3v) is 4.16. The molecule has 0 aromatic heterocycles. The van der Waals surface area contributed by atoms with Crippen LogP contribution in [0.5, 0.6) is 17.2 Å². The molecule has 0 saturated heterocycles. The zero-order chi connectivity index (χ0) is 20.5. The number of carbonyl (C=O) groups is 1. The van der Waals surface area contributed by atoms with E-state index in [0.717, 1.165) is 0 Å². The summed E-state index contributed by atoms with van der Waals surface area (Å²) < 4.78 is 16.0. The number of nitro benzene ring substituents is 1. The number of amides is 1. The van der Waals surface area contributed by atoms with Crippen LogP contribution in [0.2, 0.25) is 0 Å². The summed E-state index contributed by atoms with van der Waals surface area (Å²) in [5.74, 6) is 1.02. The standard InChI is InChI=1S/C20H24N2O6/c1-4-17(28-15-8-6-5-7-9-15)20(23)21-11-10-14-12-18(26-2)19(27-3)13-16(14)22(24)25/h5-9,12-13,17H,4,10-11H2,1-3H3,(H,21,23)/t17-/m0/s1. The van der Waals surface area contributed by atoms with Crippen molar-refractivity contribution in [3.05, 3.63) is 58.1 Å². The van der Waals surface area contributed by atoms with Crippen molar-refractivity contribution in [3.8, 4) is 17.2 Å². The maximum Gasteiger partial charge on any atom is 0.276 e. The molecule has 0 radical (unpaired) electrons. The maximum absolute atomic E-state index is 12.4. The van der Waals surface area contributed by atoms with E-state index in [1.807, 2.05) is 25.1 Å². The quantitative estimate of drug-likeness (QED) is 0.496. The topological polar surface area (TPSA) is 99.9 Å². The van der Waals surface area contributed by atoms with E-state index in [4.69, 9.17) is 14.2 Å². The Morgan fingerprint density at radius 3 is 2.36 bits per heavy atom. The summed E-state index contributed by atoms with van der Waals surface area (Å²) in [5.41, 5.74) is 0.361. The van der Waals surface area contributed by atoms with E-state index in [1.165, 1.54) is 20.3 Å². The molecule has 28 heavy (non-hydrogen) atoms. The van der Waals surface area contributed by atoms with Gasteiger partial charge >= 0.3 is 0 Å². The molecule has 0 fully saturated rings. The van der Waals surface area contributed by atoms with Crippen molar-refractivity contribution in [2.75, 3.05) is 20.8 Å². The highest BCUT2D eigenvalue weighted by Gasteiger charge is 2.21. The fourth-order valence-corrected chi connectivity index (χ4v) is 2.70. The molecule has 0 aliphatic rings. The normalized spacial score (nSPS) is 11.4. The molecule has 2 rings (SSSR count). The van der Waals surface area contributed by atoms with Crippen LogP contribution < -0.4 is 19.5 Å². The van der Waals surface area contributed by atoms with Crippen LogP contribution in [-0.2, 0) is 11.2 Å². The van der Waals surface area contributed by atoms with Gasteiger partial charge in [0.25, 0.3) is 11.6 Å². The number of carbonyl (C=O) groups excluding carboxylic acids is 1. The molecule has 2 aromatic carbocycles. The van der Waals surface area contributed by atoms with Gasteiger partial charge in [0.15, 0.2) is 17.6 Å². The number of hydrogen-bond donors (Lipinski definition) is 1. The smallest absolute Gasteiger partial charge is 0.276 e. The first kappa shape index (κ1) is 21.0. The average molecular weight is 388 g/mol. The first-order valence-electron chi connectivity index (χ1n) is 8.88. The Morgan fingerprint density at radius 1 is 1.14 bits per heavy atom. The minimum atomic E-state index is -0.636. The van der Waals surface area contributed by atoms with Gasteiger partial charge in [-0.1, -0.05) is 25.1 Å². The zero-order valence-corrected chi connectivity index (χ0v) is 16.1. The van der Waals surface area contributed by atoms with Gasteiger partial charge in [0.2, 0.25) is 0 Å². The molecule has 2 aromatic rings. The number of hydrogen-bond acceptors (Lipinski definition) is 6. The predicted molar refractivity (Wildman–Crippen MR) is 104 cm³/mol. The van der Waals surface area contributed by atoms with Gasteiger partial charge in [0.1, 0.15) is 5.75 Å². The summed E-state index contributed by atoms with van der Waals surface area (Å²) in [5, 5.41) is 14.1. The minimum absolute atomic E-state index is 0.0838. The summed E-state index contributed by atoms with van der Waals surface area (Å²) in [6.45, 7) is 2.08. The summed E-state index contributed by atoms with van der Waals surface area (Å²) in [4.78, 5) is 23.3. The molecule has 8 nitrogen and oxygen atoms in total. The van der Waals surface area contributed by atoms with E-state index >= 15 is 0 Å². The zero-order valence-electron chi connectivity index (χ0n) is 16.1. The monoisotopic (exact) mass is 388 g/mol. The van der Waals surface area contributed by atoms with Crippen LogP contribution >= 0.6 is 0 Å². The lowest BCUT2D eigenvalue weighted by atomic mass is 10.1. The van der Waals surface area contributed by atoms with E-state index in [2.05, 4.69) is 5.32 Å². The second-order valence-corrected chi connectivity index (χ2v) is 5.96. The van der Waals surface area contributed by atoms with Crippen LogP contribution in [0.4, 0.5) is 5.69 Å². The summed E-state index contributed by atoms with van der Waals surface area (Å²) in [6.07, 6.45) is 0.129. The highest BCUT2D eigenvalue weighted by molar-refractivity contribution is 5.81. The molecule has 1 atom stereocenters. The third-order valence-electron chi connectivity index (χ3n) is 4.16. The van der Waals surface area contributed by atoms with Crippen LogP contribution in [0.1, 0.15) is 18.9 Å². The van der Waals surface area contributed by atoms with Crippen LogP contribution in [0.3, 0.4) is 0 Å². The molecule has 0 unspecified atom stereocenters. The Labute approximate surface area is 163 Å². The van der Waals surface area contributed by atoms with Crippen molar-refractivity contribution in [2.24, 2.45) is 0 Å².